The van der Waals surface area contributed by atoms with Gasteiger partial charge in [-0.1, -0.05) is 60.7 Å². The van der Waals surface area contributed by atoms with Crippen molar-refractivity contribution in [3.05, 3.63) is 107 Å². The molecule has 3 aromatic carbocycles. The van der Waals surface area contributed by atoms with Crippen LogP contribution in [-0.2, 0) is 21.9 Å². The van der Waals surface area contributed by atoms with Crippen LogP contribution in [0.4, 0.5) is 26.3 Å². The van der Waals surface area contributed by atoms with Crippen molar-refractivity contribution in [1.82, 2.24) is 4.90 Å². The Hall–Kier alpha value is -3.82. The summed E-state index contributed by atoms with van der Waals surface area (Å²) in [7, 11) is 1.16. The van der Waals surface area contributed by atoms with Crippen LogP contribution in [0, 0.1) is 0 Å². The van der Waals surface area contributed by atoms with Gasteiger partial charge in [0.1, 0.15) is 6.04 Å². The van der Waals surface area contributed by atoms with Gasteiger partial charge in [-0.3, -0.25) is 4.79 Å². The van der Waals surface area contributed by atoms with Gasteiger partial charge >= 0.3 is 18.3 Å². The Bertz CT molecular complexity index is 1190. The van der Waals surface area contributed by atoms with E-state index in [0.717, 1.165) is 23.1 Å². The molecule has 3 aromatic rings. The van der Waals surface area contributed by atoms with Gasteiger partial charge in [-0.15, -0.1) is 0 Å². The number of hydrogen-bond donors (Lipinski definition) is 0. The number of halogens is 6. The first-order chi connectivity index (χ1) is 18.3. The number of nitrogens with zero attached hydrogens (tertiary/aromatic N) is 1. The van der Waals surface area contributed by atoms with E-state index in [1.807, 2.05) is 60.7 Å². The van der Waals surface area contributed by atoms with Crippen molar-refractivity contribution in [2.75, 3.05) is 13.7 Å². The summed E-state index contributed by atoms with van der Waals surface area (Å²) < 4.78 is 85.2. The van der Waals surface area contributed by atoms with Crippen molar-refractivity contribution in [3.63, 3.8) is 0 Å². The van der Waals surface area contributed by atoms with E-state index in [0.29, 0.717) is 18.6 Å². The van der Waals surface area contributed by atoms with Crippen LogP contribution in [0.15, 0.2) is 78.9 Å². The molecule has 0 saturated carbocycles. The minimum atomic E-state index is -5.12. The van der Waals surface area contributed by atoms with Gasteiger partial charge in [0.25, 0.3) is 5.91 Å². The van der Waals surface area contributed by atoms with Gasteiger partial charge in [-0.25, -0.2) is 4.79 Å². The number of esters is 1. The van der Waals surface area contributed by atoms with E-state index in [-0.39, 0.29) is 25.0 Å². The van der Waals surface area contributed by atoms with Crippen LogP contribution in [0.2, 0.25) is 0 Å². The minimum Gasteiger partial charge on any atom is -0.464 e. The lowest BCUT2D eigenvalue weighted by atomic mass is 9.86. The van der Waals surface area contributed by atoms with Gasteiger partial charge in [0.05, 0.1) is 17.7 Å². The Morgan fingerprint density at radius 3 is 1.64 bits per heavy atom. The van der Waals surface area contributed by atoms with Crippen molar-refractivity contribution >= 4 is 11.9 Å². The molecule has 1 unspecified atom stereocenters. The number of carbonyl (C=O) groups is 2. The zero-order chi connectivity index (χ0) is 28.8. The number of hydrogen-bond acceptors (Lipinski definition) is 3. The molecule has 0 aliphatic heterocycles. The van der Waals surface area contributed by atoms with Crippen molar-refractivity contribution in [2.45, 2.75) is 44.1 Å². The molecule has 0 radical (unpaired) electrons. The second-order valence-electron chi connectivity index (χ2n) is 8.93. The highest BCUT2D eigenvalue weighted by Gasteiger charge is 2.38. The molecule has 1 atom stereocenters. The van der Waals surface area contributed by atoms with Gasteiger partial charge in [0, 0.05) is 18.5 Å². The Morgan fingerprint density at radius 2 is 1.23 bits per heavy atom. The van der Waals surface area contributed by atoms with Crippen molar-refractivity contribution < 1.29 is 40.7 Å². The highest BCUT2D eigenvalue weighted by Crippen LogP contribution is 2.37. The highest BCUT2D eigenvalue weighted by molar-refractivity contribution is 5.97. The molecule has 0 N–H and O–H groups in total. The van der Waals surface area contributed by atoms with Crippen molar-refractivity contribution in [1.29, 1.82) is 0 Å². The number of ether oxygens (including phenoxy) is 1. The first-order valence-corrected chi connectivity index (χ1v) is 12.2. The Balaban J connectivity index is 1.96. The van der Waals surface area contributed by atoms with Crippen LogP contribution in [0.25, 0.3) is 0 Å². The summed E-state index contributed by atoms with van der Waals surface area (Å²) in [4.78, 5) is 27.0. The maximum Gasteiger partial charge on any atom is 0.416 e. The fourth-order valence-electron chi connectivity index (χ4n) is 4.35. The topological polar surface area (TPSA) is 46.6 Å². The molecule has 10 heteroatoms. The maximum absolute atomic E-state index is 13.4. The number of likely N-dealkylation sites (N-methyl/N-ethyl adjacent to an activating group) is 1. The molecule has 0 aliphatic carbocycles. The molecule has 0 saturated heterocycles. The first-order valence-electron chi connectivity index (χ1n) is 12.2. The summed E-state index contributed by atoms with van der Waals surface area (Å²) in [6, 6.07) is 18.2. The molecule has 0 aromatic heterocycles. The van der Waals surface area contributed by atoms with Gasteiger partial charge in [-0.2, -0.15) is 26.3 Å². The monoisotopic (exact) mass is 551 g/mol. The lowest BCUT2D eigenvalue weighted by molar-refractivity contribution is -0.148. The van der Waals surface area contributed by atoms with Gasteiger partial charge in [0.2, 0.25) is 0 Å². The van der Waals surface area contributed by atoms with Crippen LogP contribution in [0.3, 0.4) is 0 Å². The zero-order valence-corrected chi connectivity index (χ0v) is 21.2. The van der Waals surface area contributed by atoms with Crippen LogP contribution in [-0.4, -0.2) is 36.5 Å². The number of amides is 1. The van der Waals surface area contributed by atoms with E-state index in [1.165, 1.54) is 0 Å². The largest absolute Gasteiger partial charge is 0.464 e. The summed E-state index contributed by atoms with van der Waals surface area (Å²) in [5.74, 6) is -2.17. The molecule has 0 spiro atoms. The van der Waals surface area contributed by atoms with E-state index in [2.05, 4.69) is 0 Å². The molecule has 0 bridgehead atoms. The highest BCUT2D eigenvalue weighted by atomic mass is 19.4. The Kier molecular flexibility index (Phi) is 9.42. The molecule has 1 amide bonds. The third-order valence-electron chi connectivity index (χ3n) is 6.31. The Morgan fingerprint density at radius 1 is 0.769 bits per heavy atom. The van der Waals surface area contributed by atoms with E-state index >= 15 is 0 Å². The zero-order valence-electron chi connectivity index (χ0n) is 21.2. The number of carbonyl (C=O) groups excluding carboxylic acids is 2. The normalized spacial score (nSPS) is 12.7. The van der Waals surface area contributed by atoms with Gasteiger partial charge < -0.3 is 9.64 Å². The predicted octanol–water partition coefficient (Wildman–Crippen LogP) is 7.34. The van der Waals surface area contributed by atoms with Crippen molar-refractivity contribution in [3.8, 4) is 0 Å². The standard InChI is InChI=1S/C29H27F6NO3/c1-3-39-27(38)25(15-14-24(19-10-6-4-7-11-19)20-12-8-5-9-13-20)36(2)26(37)21-16-22(28(30,31)32)18-23(17-21)29(33,34)35/h4-13,16-18,24-25H,3,14-15H2,1-2H3. The molecular formula is C29H27F6NO3. The first kappa shape index (κ1) is 29.7. The summed E-state index contributed by atoms with van der Waals surface area (Å²) >= 11 is 0. The number of rotatable bonds is 9. The Labute approximate surface area is 222 Å². The quantitative estimate of drug-likeness (QED) is 0.207. The predicted molar refractivity (Wildman–Crippen MR) is 133 cm³/mol. The average Bonchev–Trinajstić information content (AvgIpc) is 2.90. The van der Waals surface area contributed by atoms with Gasteiger partial charge in [-0.05, 0) is 49.1 Å². The molecular weight excluding hydrogens is 524 g/mol. The molecule has 4 nitrogen and oxygen atoms in total. The molecule has 0 fully saturated rings. The van der Waals surface area contributed by atoms with Crippen LogP contribution in [0.5, 0.6) is 0 Å². The molecule has 0 heterocycles. The summed E-state index contributed by atoms with van der Waals surface area (Å²) in [6.07, 6.45) is -9.85. The summed E-state index contributed by atoms with van der Waals surface area (Å²) in [6.45, 7) is 1.52. The van der Waals surface area contributed by atoms with E-state index < -0.39 is 47.0 Å². The number of benzene rings is 3. The third kappa shape index (κ3) is 7.61. The molecule has 0 aliphatic rings. The van der Waals surface area contributed by atoms with E-state index in [9.17, 15) is 35.9 Å². The fraction of sp³-hybridized carbons (Fsp3) is 0.310. The lowest BCUT2D eigenvalue weighted by Crippen LogP contribution is -2.43. The summed E-state index contributed by atoms with van der Waals surface area (Å²) in [5, 5.41) is 0. The maximum atomic E-state index is 13.4. The second kappa shape index (κ2) is 12.4. The molecule has 39 heavy (non-hydrogen) atoms. The van der Waals surface area contributed by atoms with Crippen LogP contribution in [0.1, 0.15) is 58.3 Å². The number of alkyl halides is 6. The van der Waals surface area contributed by atoms with E-state index in [1.54, 1.807) is 6.92 Å². The third-order valence-corrected chi connectivity index (χ3v) is 6.31. The fourth-order valence-corrected chi connectivity index (χ4v) is 4.35. The molecule has 3 rings (SSSR count). The van der Waals surface area contributed by atoms with Crippen molar-refractivity contribution in [2.24, 2.45) is 0 Å². The van der Waals surface area contributed by atoms with Crippen LogP contribution >= 0.6 is 0 Å². The van der Waals surface area contributed by atoms with Crippen LogP contribution < -0.4 is 0 Å². The molecule has 208 valence electrons. The minimum absolute atomic E-state index is 0.0278. The average molecular weight is 552 g/mol. The van der Waals surface area contributed by atoms with Gasteiger partial charge in [0.15, 0.2) is 0 Å². The summed E-state index contributed by atoms with van der Waals surface area (Å²) in [5.41, 5.74) is -2.19. The lowest BCUT2D eigenvalue weighted by Gasteiger charge is -2.29. The van der Waals surface area contributed by atoms with E-state index in [4.69, 9.17) is 4.74 Å². The SMILES string of the molecule is CCOC(=O)C(CCC(c1ccccc1)c1ccccc1)N(C)C(=O)c1cc(C(F)(F)F)cc(C(F)(F)F)c1. The smallest absolute Gasteiger partial charge is 0.416 e. The second-order valence-corrected chi connectivity index (χ2v) is 8.93.